The molecule has 4 rings (SSSR count). The van der Waals surface area contributed by atoms with E-state index in [0.717, 1.165) is 29.9 Å². The second kappa shape index (κ2) is 7.34. The third-order valence-electron chi connectivity index (χ3n) is 4.95. The summed E-state index contributed by atoms with van der Waals surface area (Å²) in [7, 11) is 1.55. The molecule has 0 saturated carbocycles. The average molecular weight is 379 g/mol. The largest absolute Gasteiger partial charge is 0.451 e. The zero-order valence-electron chi connectivity index (χ0n) is 15.8. The van der Waals surface area contributed by atoms with Crippen molar-refractivity contribution in [1.82, 2.24) is 15.4 Å². The van der Waals surface area contributed by atoms with E-state index < -0.39 is 0 Å². The monoisotopic (exact) mass is 379 g/mol. The predicted molar refractivity (Wildman–Crippen MR) is 102 cm³/mol. The van der Waals surface area contributed by atoms with Gasteiger partial charge in [-0.3, -0.25) is 9.59 Å². The maximum Gasteiger partial charge on any atom is 0.286 e. The number of hydrogen-bond acceptors (Lipinski definition) is 5. The van der Waals surface area contributed by atoms with Crippen molar-refractivity contribution in [2.24, 2.45) is 0 Å². The molecule has 0 radical (unpaired) electrons. The van der Waals surface area contributed by atoms with Gasteiger partial charge >= 0.3 is 0 Å². The second-order valence-electron chi connectivity index (χ2n) is 6.84. The van der Waals surface area contributed by atoms with Gasteiger partial charge in [0.25, 0.3) is 11.8 Å². The van der Waals surface area contributed by atoms with Crippen molar-refractivity contribution in [2.75, 3.05) is 13.6 Å². The fourth-order valence-electron chi connectivity index (χ4n) is 3.57. The molecular formula is C21H21N3O4. The fourth-order valence-corrected chi connectivity index (χ4v) is 3.57. The van der Waals surface area contributed by atoms with Gasteiger partial charge in [0, 0.05) is 30.8 Å². The lowest BCUT2D eigenvalue weighted by Crippen LogP contribution is -2.30. The number of rotatable bonds is 4. The number of carbonyl (C=O) groups is 2. The van der Waals surface area contributed by atoms with Gasteiger partial charge in [-0.05, 0) is 44.0 Å². The molecule has 1 saturated heterocycles. The molecule has 1 N–H and O–H groups in total. The summed E-state index contributed by atoms with van der Waals surface area (Å²) in [5.74, 6) is 1.17. The lowest BCUT2D eigenvalue weighted by molar-refractivity contribution is 0.0730. The van der Waals surface area contributed by atoms with Crippen LogP contribution in [0.5, 0.6) is 0 Å². The van der Waals surface area contributed by atoms with Crippen molar-refractivity contribution >= 4 is 11.8 Å². The zero-order valence-corrected chi connectivity index (χ0v) is 15.8. The Balaban J connectivity index is 1.59. The second-order valence-corrected chi connectivity index (χ2v) is 6.84. The van der Waals surface area contributed by atoms with Crippen molar-refractivity contribution in [1.29, 1.82) is 0 Å². The maximum absolute atomic E-state index is 13.2. The van der Waals surface area contributed by atoms with Gasteiger partial charge in [-0.25, -0.2) is 0 Å². The van der Waals surface area contributed by atoms with Crippen LogP contribution in [0.25, 0.3) is 11.3 Å². The molecule has 1 aromatic carbocycles. The Bertz CT molecular complexity index is 1020. The first-order valence-electron chi connectivity index (χ1n) is 9.23. The quantitative estimate of drug-likeness (QED) is 0.748. The molecule has 0 spiro atoms. The first kappa shape index (κ1) is 18.0. The summed E-state index contributed by atoms with van der Waals surface area (Å²) in [5.41, 5.74) is 2.11. The summed E-state index contributed by atoms with van der Waals surface area (Å²) in [6, 6.07) is 12.4. The first-order valence-corrected chi connectivity index (χ1v) is 9.23. The van der Waals surface area contributed by atoms with Gasteiger partial charge in [0.1, 0.15) is 17.2 Å². The van der Waals surface area contributed by atoms with Gasteiger partial charge in [0.15, 0.2) is 5.76 Å². The molecule has 1 unspecified atom stereocenters. The number of likely N-dealkylation sites (tertiary alicyclic amines) is 1. The molecule has 7 heteroatoms. The topological polar surface area (TPSA) is 88.6 Å². The molecule has 2 amide bonds. The molecule has 1 aliphatic rings. The number of aromatic nitrogens is 1. The number of furan rings is 1. The number of carbonyl (C=O) groups excluding carboxylic acids is 2. The van der Waals surface area contributed by atoms with Crippen molar-refractivity contribution < 1.29 is 18.5 Å². The van der Waals surface area contributed by atoms with Gasteiger partial charge in [0.05, 0.1) is 6.04 Å². The van der Waals surface area contributed by atoms with Crippen LogP contribution in [0.3, 0.4) is 0 Å². The van der Waals surface area contributed by atoms with E-state index in [2.05, 4.69) is 10.5 Å². The van der Waals surface area contributed by atoms with E-state index >= 15 is 0 Å². The van der Waals surface area contributed by atoms with Crippen molar-refractivity contribution in [2.45, 2.75) is 25.8 Å². The Kier molecular flexibility index (Phi) is 4.73. The molecule has 1 aliphatic heterocycles. The Morgan fingerprint density at radius 2 is 2.07 bits per heavy atom. The molecule has 1 fully saturated rings. The van der Waals surface area contributed by atoms with Crippen molar-refractivity contribution in [3.63, 3.8) is 0 Å². The molecule has 3 aromatic rings. The summed E-state index contributed by atoms with van der Waals surface area (Å²) >= 11 is 0. The van der Waals surface area contributed by atoms with E-state index in [4.69, 9.17) is 8.94 Å². The molecule has 0 aliphatic carbocycles. The maximum atomic E-state index is 13.2. The van der Waals surface area contributed by atoms with E-state index in [-0.39, 0.29) is 23.6 Å². The average Bonchev–Trinajstić information content (AvgIpc) is 3.46. The van der Waals surface area contributed by atoms with E-state index in [0.29, 0.717) is 17.9 Å². The van der Waals surface area contributed by atoms with Crippen LogP contribution in [0.1, 0.15) is 51.3 Å². The van der Waals surface area contributed by atoms with Crippen LogP contribution in [0.15, 0.2) is 51.4 Å². The number of amides is 2. The highest BCUT2D eigenvalue weighted by Crippen LogP contribution is 2.33. The molecular weight excluding hydrogens is 358 g/mol. The number of benzene rings is 1. The summed E-state index contributed by atoms with van der Waals surface area (Å²) in [6.45, 7) is 2.53. The normalized spacial score (nSPS) is 16.4. The molecule has 1 atom stereocenters. The lowest BCUT2D eigenvalue weighted by Gasteiger charge is -2.23. The summed E-state index contributed by atoms with van der Waals surface area (Å²) in [6.07, 6.45) is 1.79. The van der Waals surface area contributed by atoms with Crippen molar-refractivity contribution in [3.8, 4) is 11.3 Å². The van der Waals surface area contributed by atoms with Gasteiger partial charge in [-0.2, -0.15) is 0 Å². The predicted octanol–water partition coefficient (Wildman–Crippen LogP) is 3.58. The Hall–Kier alpha value is -3.35. The Morgan fingerprint density at radius 3 is 2.82 bits per heavy atom. The highest BCUT2D eigenvalue weighted by Gasteiger charge is 2.32. The minimum atomic E-state index is -0.290. The fraction of sp³-hybridized carbons (Fsp3) is 0.286. The van der Waals surface area contributed by atoms with Crippen LogP contribution in [0.4, 0.5) is 0 Å². The summed E-state index contributed by atoms with van der Waals surface area (Å²) in [5, 5.41) is 6.62. The summed E-state index contributed by atoms with van der Waals surface area (Å²) < 4.78 is 10.8. The molecule has 28 heavy (non-hydrogen) atoms. The van der Waals surface area contributed by atoms with Gasteiger partial charge in [0.2, 0.25) is 0 Å². The highest BCUT2D eigenvalue weighted by atomic mass is 16.5. The summed E-state index contributed by atoms with van der Waals surface area (Å²) in [4.78, 5) is 26.7. The highest BCUT2D eigenvalue weighted by molar-refractivity contribution is 5.96. The third-order valence-corrected chi connectivity index (χ3v) is 4.95. The van der Waals surface area contributed by atoms with Crippen LogP contribution in [-0.2, 0) is 0 Å². The number of nitrogens with zero attached hydrogens (tertiary/aromatic N) is 2. The molecule has 0 bridgehead atoms. The lowest BCUT2D eigenvalue weighted by atomic mass is 10.1. The van der Waals surface area contributed by atoms with E-state index in [1.165, 1.54) is 0 Å². The number of aryl methyl sites for hydroxylation is 1. The molecule has 7 nitrogen and oxygen atoms in total. The van der Waals surface area contributed by atoms with E-state index in [1.54, 1.807) is 31.3 Å². The van der Waals surface area contributed by atoms with Crippen LogP contribution in [-0.4, -0.2) is 35.5 Å². The van der Waals surface area contributed by atoms with Crippen LogP contribution in [0.2, 0.25) is 0 Å². The molecule has 144 valence electrons. The zero-order chi connectivity index (χ0) is 19.7. The van der Waals surface area contributed by atoms with Crippen LogP contribution < -0.4 is 5.32 Å². The molecule has 3 heterocycles. The minimum Gasteiger partial charge on any atom is -0.451 e. The standard InChI is InChI=1S/C21H21N3O4/c1-13-11-16(23-28-13)17-7-4-10-24(17)21(26)15-6-3-5-14(12-15)18-8-9-19(27-18)20(25)22-2/h3,5-6,8-9,11-12,17H,4,7,10H2,1-2H3,(H,22,25). The number of hydrogen-bond donors (Lipinski definition) is 1. The van der Waals surface area contributed by atoms with E-state index in [9.17, 15) is 9.59 Å². The van der Waals surface area contributed by atoms with Crippen LogP contribution >= 0.6 is 0 Å². The first-order chi connectivity index (χ1) is 13.6. The smallest absolute Gasteiger partial charge is 0.286 e. The van der Waals surface area contributed by atoms with E-state index in [1.807, 2.05) is 30.0 Å². The van der Waals surface area contributed by atoms with Crippen LogP contribution in [0, 0.1) is 6.92 Å². The van der Waals surface area contributed by atoms with Gasteiger partial charge in [-0.15, -0.1) is 0 Å². The Labute approximate surface area is 162 Å². The van der Waals surface area contributed by atoms with Gasteiger partial charge in [-0.1, -0.05) is 17.3 Å². The molecule has 2 aromatic heterocycles. The van der Waals surface area contributed by atoms with Gasteiger partial charge < -0.3 is 19.2 Å². The third kappa shape index (κ3) is 3.31. The Morgan fingerprint density at radius 1 is 1.21 bits per heavy atom. The van der Waals surface area contributed by atoms with Crippen molar-refractivity contribution in [3.05, 3.63) is 65.2 Å². The minimum absolute atomic E-state index is 0.0527. The SMILES string of the molecule is CNC(=O)c1ccc(-c2cccc(C(=O)N3CCCC3c3cc(C)on3)c2)o1. The number of nitrogens with one attached hydrogen (secondary N) is 1.